The van der Waals surface area contributed by atoms with Crippen LogP contribution < -0.4 is 4.74 Å². The first-order valence-electron chi connectivity index (χ1n) is 7.26. The molecule has 1 heterocycles. The van der Waals surface area contributed by atoms with Gasteiger partial charge in [-0.1, -0.05) is 17.7 Å². The van der Waals surface area contributed by atoms with Gasteiger partial charge in [0.2, 0.25) is 0 Å². The van der Waals surface area contributed by atoms with Crippen LogP contribution >= 0.6 is 0 Å². The smallest absolute Gasteiger partial charge is 0.122 e. The van der Waals surface area contributed by atoms with E-state index in [0.29, 0.717) is 0 Å². The molecule has 0 atom stereocenters. The lowest BCUT2D eigenvalue weighted by Crippen LogP contribution is -2.36. The maximum absolute atomic E-state index is 5.84. The van der Waals surface area contributed by atoms with E-state index in [1.54, 1.807) is 0 Å². The van der Waals surface area contributed by atoms with Crippen LogP contribution in [0.2, 0.25) is 0 Å². The van der Waals surface area contributed by atoms with Gasteiger partial charge in [-0.3, -0.25) is 4.90 Å². The molecule has 1 fully saturated rings. The number of rotatable bonds is 6. The van der Waals surface area contributed by atoms with Crippen molar-refractivity contribution in [1.82, 2.24) is 4.90 Å². The minimum atomic E-state index is 0.814. The SMILES string of the molecule is Cc1ccc(OCCCCN2CCOCC2)c(C)c1. The topological polar surface area (TPSA) is 21.7 Å². The minimum absolute atomic E-state index is 0.814. The van der Waals surface area contributed by atoms with Gasteiger partial charge in [0.05, 0.1) is 19.8 Å². The Bertz CT molecular complexity index is 386. The van der Waals surface area contributed by atoms with Gasteiger partial charge >= 0.3 is 0 Å². The average molecular weight is 263 g/mol. The molecule has 106 valence electrons. The highest BCUT2D eigenvalue weighted by molar-refractivity contribution is 5.35. The third kappa shape index (κ3) is 4.84. The lowest BCUT2D eigenvalue weighted by Gasteiger charge is -2.26. The van der Waals surface area contributed by atoms with E-state index < -0.39 is 0 Å². The number of nitrogens with zero attached hydrogens (tertiary/aromatic N) is 1. The van der Waals surface area contributed by atoms with Gasteiger partial charge < -0.3 is 9.47 Å². The second kappa shape index (κ2) is 7.51. The lowest BCUT2D eigenvalue weighted by atomic mass is 10.1. The third-order valence-electron chi connectivity index (χ3n) is 3.56. The Labute approximate surface area is 116 Å². The highest BCUT2D eigenvalue weighted by Crippen LogP contribution is 2.18. The second-order valence-electron chi connectivity index (χ2n) is 5.28. The Morgan fingerprint density at radius 1 is 1.16 bits per heavy atom. The van der Waals surface area contributed by atoms with Crippen molar-refractivity contribution in [3.63, 3.8) is 0 Å². The molecule has 0 aromatic heterocycles. The Morgan fingerprint density at radius 3 is 2.68 bits per heavy atom. The van der Waals surface area contributed by atoms with Crippen LogP contribution in [0.25, 0.3) is 0 Å². The molecule has 0 unspecified atom stereocenters. The quantitative estimate of drug-likeness (QED) is 0.737. The molecule has 0 spiro atoms. The fourth-order valence-corrected chi connectivity index (χ4v) is 2.41. The van der Waals surface area contributed by atoms with E-state index in [9.17, 15) is 0 Å². The van der Waals surface area contributed by atoms with Gasteiger partial charge in [0.25, 0.3) is 0 Å². The first-order chi connectivity index (χ1) is 9.25. The Balaban J connectivity index is 1.61. The number of aryl methyl sites for hydroxylation is 2. The lowest BCUT2D eigenvalue weighted by molar-refractivity contribution is 0.0368. The van der Waals surface area contributed by atoms with E-state index in [1.807, 2.05) is 0 Å². The normalized spacial score (nSPS) is 16.5. The average Bonchev–Trinajstić information content (AvgIpc) is 2.42. The van der Waals surface area contributed by atoms with Crippen LogP contribution in [0, 0.1) is 13.8 Å². The largest absolute Gasteiger partial charge is 0.493 e. The van der Waals surface area contributed by atoms with Crippen molar-refractivity contribution >= 4 is 0 Å². The molecule has 1 aromatic rings. The van der Waals surface area contributed by atoms with Crippen molar-refractivity contribution in [1.29, 1.82) is 0 Å². The molecule has 0 amide bonds. The Hall–Kier alpha value is -1.06. The van der Waals surface area contributed by atoms with Gasteiger partial charge in [-0.25, -0.2) is 0 Å². The predicted molar refractivity (Wildman–Crippen MR) is 77.9 cm³/mol. The highest BCUT2D eigenvalue weighted by Gasteiger charge is 2.09. The number of unbranched alkanes of at least 4 members (excludes halogenated alkanes) is 1. The highest BCUT2D eigenvalue weighted by atomic mass is 16.5. The van der Waals surface area contributed by atoms with Crippen LogP contribution in [0.5, 0.6) is 5.75 Å². The monoisotopic (exact) mass is 263 g/mol. The zero-order valence-corrected chi connectivity index (χ0v) is 12.2. The molecule has 3 nitrogen and oxygen atoms in total. The summed E-state index contributed by atoms with van der Waals surface area (Å²) in [7, 11) is 0. The number of morpholine rings is 1. The second-order valence-corrected chi connectivity index (χ2v) is 5.28. The fraction of sp³-hybridized carbons (Fsp3) is 0.625. The minimum Gasteiger partial charge on any atom is -0.493 e. The number of benzene rings is 1. The zero-order valence-electron chi connectivity index (χ0n) is 12.2. The summed E-state index contributed by atoms with van der Waals surface area (Å²) in [6.07, 6.45) is 2.32. The Kier molecular flexibility index (Phi) is 5.67. The van der Waals surface area contributed by atoms with Crippen molar-refractivity contribution < 1.29 is 9.47 Å². The number of ether oxygens (including phenoxy) is 2. The van der Waals surface area contributed by atoms with E-state index in [2.05, 4.69) is 36.9 Å². The molecule has 1 aliphatic heterocycles. The van der Waals surface area contributed by atoms with Crippen LogP contribution in [-0.2, 0) is 4.74 Å². The molecular weight excluding hydrogens is 238 g/mol. The van der Waals surface area contributed by atoms with Crippen LogP contribution in [0.4, 0.5) is 0 Å². The van der Waals surface area contributed by atoms with Crippen molar-refractivity contribution in [3.8, 4) is 5.75 Å². The summed E-state index contributed by atoms with van der Waals surface area (Å²) in [6.45, 7) is 10.1. The van der Waals surface area contributed by atoms with Gasteiger partial charge in [0.1, 0.15) is 5.75 Å². The number of hydrogen-bond donors (Lipinski definition) is 0. The van der Waals surface area contributed by atoms with Crippen LogP contribution in [0.3, 0.4) is 0 Å². The fourth-order valence-electron chi connectivity index (χ4n) is 2.41. The summed E-state index contributed by atoms with van der Waals surface area (Å²) in [5, 5.41) is 0. The van der Waals surface area contributed by atoms with Crippen LogP contribution in [0.1, 0.15) is 24.0 Å². The van der Waals surface area contributed by atoms with Crippen molar-refractivity contribution in [2.45, 2.75) is 26.7 Å². The first-order valence-corrected chi connectivity index (χ1v) is 7.26. The van der Waals surface area contributed by atoms with Crippen molar-refractivity contribution in [3.05, 3.63) is 29.3 Å². The molecule has 1 aromatic carbocycles. The van der Waals surface area contributed by atoms with Crippen molar-refractivity contribution in [2.75, 3.05) is 39.5 Å². The molecule has 19 heavy (non-hydrogen) atoms. The summed E-state index contributed by atoms with van der Waals surface area (Å²) in [5.74, 6) is 1.02. The van der Waals surface area contributed by atoms with E-state index in [1.165, 1.54) is 24.1 Å². The standard InChI is InChI=1S/C16H25NO2/c1-14-5-6-16(15(2)13-14)19-10-4-3-7-17-8-11-18-12-9-17/h5-6,13H,3-4,7-12H2,1-2H3. The van der Waals surface area contributed by atoms with Crippen molar-refractivity contribution in [2.24, 2.45) is 0 Å². The summed E-state index contributed by atoms with van der Waals surface area (Å²) < 4.78 is 11.2. The summed E-state index contributed by atoms with van der Waals surface area (Å²) in [4.78, 5) is 2.47. The Morgan fingerprint density at radius 2 is 1.95 bits per heavy atom. The molecule has 0 radical (unpaired) electrons. The summed E-state index contributed by atoms with van der Waals surface area (Å²) in [5.41, 5.74) is 2.52. The van der Waals surface area contributed by atoms with Gasteiger partial charge in [-0.05, 0) is 44.9 Å². The third-order valence-corrected chi connectivity index (χ3v) is 3.56. The summed E-state index contributed by atoms with van der Waals surface area (Å²) >= 11 is 0. The van der Waals surface area contributed by atoms with E-state index >= 15 is 0 Å². The molecule has 0 bridgehead atoms. The maximum Gasteiger partial charge on any atom is 0.122 e. The molecule has 0 N–H and O–H groups in total. The maximum atomic E-state index is 5.84. The van der Waals surface area contributed by atoms with Crippen LogP contribution in [0.15, 0.2) is 18.2 Å². The summed E-state index contributed by atoms with van der Waals surface area (Å²) in [6, 6.07) is 6.35. The molecule has 1 aliphatic rings. The molecule has 0 aliphatic carbocycles. The molecule has 1 saturated heterocycles. The van der Waals surface area contributed by atoms with Gasteiger partial charge in [0, 0.05) is 13.1 Å². The van der Waals surface area contributed by atoms with E-state index in [4.69, 9.17) is 9.47 Å². The molecule has 3 heteroatoms. The van der Waals surface area contributed by atoms with Gasteiger partial charge in [-0.2, -0.15) is 0 Å². The van der Waals surface area contributed by atoms with Gasteiger partial charge in [-0.15, -0.1) is 0 Å². The number of hydrogen-bond acceptors (Lipinski definition) is 3. The molecule has 0 saturated carbocycles. The van der Waals surface area contributed by atoms with Gasteiger partial charge in [0.15, 0.2) is 0 Å². The predicted octanol–water partition coefficient (Wildman–Crippen LogP) is 2.79. The zero-order chi connectivity index (χ0) is 13.5. The van der Waals surface area contributed by atoms with Crippen LogP contribution in [-0.4, -0.2) is 44.4 Å². The first kappa shape index (κ1) is 14.4. The van der Waals surface area contributed by atoms with E-state index in [0.717, 1.165) is 45.1 Å². The molecule has 2 rings (SSSR count). The molecular formula is C16H25NO2. The van der Waals surface area contributed by atoms with E-state index in [-0.39, 0.29) is 0 Å².